The van der Waals surface area contributed by atoms with Crippen molar-refractivity contribution in [3.63, 3.8) is 0 Å². The summed E-state index contributed by atoms with van der Waals surface area (Å²) in [6, 6.07) is 8.54. The molecular weight excluding hydrogens is 312 g/mol. The van der Waals surface area contributed by atoms with Gasteiger partial charge in [0.25, 0.3) is 5.91 Å². The standard InChI is InChI=1S/C17H20N2O3S/c1-3-15(20)19-14-6-4-5-12(9-14)16(21)18-11-17(2,22)13-7-8-23-10-13/h4-10,22H,3,11H2,1-2H3,(H,18,21)(H,19,20). The van der Waals surface area contributed by atoms with Crippen molar-refractivity contribution in [1.82, 2.24) is 5.32 Å². The van der Waals surface area contributed by atoms with Gasteiger partial charge in [0.05, 0.1) is 6.54 Å². The molecule has 6 heteroatoms. The number of carbonyl (C=O) groups is 2. The lowest BCUT2D eigenvalue weighted by Gasteiger charge is -2.22. The van der Waals surface area contributed by atoms with E-state index in [0.29, 0.717) is 17.7 Å². The van der Waals surface area contributed by atoms with Gasteiger partial charge in [0.2, 0.25) is 5.91 Å². The van der Waals surface area contributed by atoms with Crippen molar-refractivity contribution < 1.29 is 14.7 Å². The van der Waals surface area contributed by atoms with Crippen LogP contribution in [0.4, 0.5) is 5.69 Å². The molecule has 0 fully saturated rings. The van der Waals surface area contributed by atoms with Crippen LogP contribution in [0.5, 0.6) is 0 Å². The van der Waals surface area contributed by atoms with E-state index in [1.54, 1.807) is 38.1 Å². The van der Waals surface area contributed by atoms with Crippen LogP contribution < -0.4 is 10.6 Å². The highest BCUT2D eigenvalue weighted by Gasteiger charge is 2.24. The molecule has 1 unspecified atom stereocenters. The number of nitrogens with one attached hydrogen (secondary N) is 2. The molecule has 0 aliphatic carbocycles. The van der Waals surface area contributed by atoms with Gasteiger partial charge in [-0.3, -0.25) is 9.59 Å². The first-order valence-corrected chi connectivity index (χ1v) is 8.30. The quantitative estimate of drug-likeness (QED) is 0.761. The molecule has 0 spiro atoms. The van der Waals surface area contributed by atoms with Gasteiger partial charge in [0.15, 0.2) is 0 Å². The highest BCUT2D eigenvalue weighted by molar-refractivity contribution is 7.08. The van der Waals surface area contributed by atoms with Crippen molar-refractivity contribution in [2.45, 2.75) is 25.9 Å². The average molecular weight is 332 g/mol. The molecule has 3 N–H and O–H groups in total. The zero-order chi connectivity index (χ0) is 16.9. The lowest BCUT2D eigenvalue weighted by Crippen LogP contribution is -2.38. The minimum absolute atomic E-state index is 0.105. The van der Waals surface area contributed by atoms with E-state index in [0.717, 1.165) is 5.56 Å². The summed E-state index contributed by atoms with van der Waals surface area (Å²) < 4.78 is 0. The molecule has 1 atom stereocenters. The first-order chi connectivity index (χ1) is 10.9. The molecule has 0 saturated heterocycles. The van der Waals surface area contributed by atoms with Crippen LogP contribution in [0, 0.1) is 0 Å². The second kappa shape index (κ2) is 7.39. The van der Waals surface area contributed by atoms with Crippen molar-refractivity contribution in [3.8, 4) is 0 Å². The van der Waals surface area contributed by atoms with Crippen LogP contribution in [0.15, 0.2) is 41.1 Å². The van der Waals surface area contributed by atoms with Gasteiger partial charge in [0.1, 0.15) is 5.60 Å². The predicted molar refractivity (Wildman–Crippen MR) is 91.6 cm³/mol. The van der Waals surface area contributed by atoms with E-state index < -0.39 is 5.60 Å². The van der Waals surface area contributed by atoms with Gasteiger partial charge in [-0.2, -0.15) is 11.3 Å². The Morgan fingerprint density at radius 2 is 2.09 bits per heavy atom. The summed E-state index contributed by atoms with van der Waals surface area (Å²) in [6.45, 7) is 3.53. The number of thiophene rings is 1. The summed E-state index contributed by atoms with van der Waals surface area (Å²) in [5.74, 6) is -0.406. The van der Waals surface area contributed by atoms with E-state index >= 15 is 0 Å². The third-order valence-electron chi connectivity index (χ3n) is 3.47. The SMILES string of the molecule is CCC(=O)Nc1cccc(C(=O)NCC(C)(O)c2ccsc2)c1. The van der Waals surface area contributed by atoms with Gasteiger partial charge in [-0.05, 0) is 47.5 Å². The Bertz CT molecular complexity index is 681. The smallest absolute Gasteiger partial charge is 0.251 e. The summed E-state index contributed by atoms with van der Waals surface area (Å²) in [5, 5.41) is 19.6. The monoisotopic (exact) mass is 332 g/mol. The molecule has 2 rings (SSSR count). The van der Waals surface area contributed by atoms with Crippen LogP contribution >= 0.6 is 11.3 Å². The van der Waals surface area contributed by atoms with Gasteiger partial charge in [0, 0.05) is 17.7 Å². The number of rotatable bonds is 6. The topological polar surface area (TPSA) is 78.4 Å². The maximum atomic E-state index is 12.2. The molecule has 0 bridgehead atoms. The minimum Gasteiger partial charge on any atom is -0.384 e. The van der Waals surface area contributed by atoms with Crippen molar-refractivity contribution in [2.75, 3.05) is 11.9 Å². The van der Waals surface area contributed by atoms with E-state index in [4.69, 9.17) is 0 Å². The van der Waals surface area contributed by atoms with Gasteiger partial charge in [-0.1, -0.05) is 13.0 Å². The van der Waals surface area contributed by atoms with E-state index in [9.17, 15) is 14.7 Å². The number of carbonyl (C=O) groups excluding carboxylic acids is 2. The molecule has 122 valence electrons. The van der Waals surface area contributed by atoms with E-state index in [-0.39, 0.29) is 18.4 Å². The fourth-order valence-corrected chi connectivity index (χ4v) is 2.80. The third-order valence-corrected chi connectivity index (χ3v) is 4.15. The lowest BCUT2D eigenvalue weighted by molar-refractivity contribution is -0.115. The van der Waals surface area contributed by atoms with Gasteiger partial charge in [-0.25, -0.2) is 0 Å². The van der Waals surface area contributed by atoms with Crippen LogP contribution in [0.2, 0.25) is 0 Å². The van der Waals surface area contributed by atoms with Crippen LogP contribution in [0.1, 0.15) is 36.2 Å². The maximum absolute atomic E-state index is 12.2. The molecule has 0 saturated carbocycles. The van der Waals surface area contributed by atoms with Gasteiger partial charge >= 0.3 is 0 Å². The highest BCUT2D eigenvalue weighted by atomic mass is 32.1. The minimum atomic E-state index is -1.12. The summed E-state index contributed by atoms with van der Waals surface area (Å²) in [4.78, 5) is 23.6. The normalized spacial score (nSPS) is 13.2. The lowest BCUT2D eigenvalue weighted by atomic mass is 9.99. The number of hydrogen-bond donors (Lipinski definition) is 3. The Hall–Kier alpha value is -2.18. The second-order valence-corrected chi connectivity index (χ2v) is 6.23. The van der Waals surface area contributed by atoms with Crippen molar-refractivity contribution in [2.24, 2.45) is 0 Å². The first kappa shape index (κ1) is 17.2. The molecule has 0 radical (unpaired) electrons. The number of benzene rings is 1. The molecule has 2 aromatic rings. The second-order valence-electron chi connectivity index (χ2n) is 5.45. The van der Waals surface area contributed by atoms with Gasteiger partial charge < -0.3 is 15.7 Å². The predicted octanol–water partition coefficient (Wildman–Crippen LogP) is 2.73. The maximum Gasteiger partial charge on any atom is 0.251 e. The van der Waals surface area contributed by atoms with Gasteiger partial charge in [-0.15, -0.1) is 0 Å². The van der Waals surface area contributed by atoms with Crippen molar-refractivity contribution in [1.29, 1.82) is 0 Å². The Labute approximate surface area is 139 Å². The average Bonchev–Trinajstić information content (AvgIpc) is 3.08. The summed E-state index contributed by atoms with van der Waals surface area (Å²) >= 11 is 1.49. The van der Waals surface area contributed by atoms with Crippen LogP contribution in [0.25, 0.3) is 0 Å². The number of anilines is 1. The Kier molecular flexibility index (Phi) is 5.52. The molecule has 1 aromatic carbocycles. The van der Waals surface area contributed by atoms with Crippen LogP contribution in [-0.4, -0.2) is 23.5 Å². The third kappa shape index (κ3) is 4.64. The molecule has 1 heterocycles. The number of aliphatic hydroxyl groups is 1. The molecule has 5 nitrogen and oxygen atoms in total. The fraction of sp³-hybridized carbons (Fsp3) is 0.294. The number of amides is 2. The zero-order valence-corrected chi connectivity index (χ0v) is 13.9. The molecule has 2 amide bonds. The molecule has 23 heavy (non-hydrogen) atoms. The van der Waals surface area contributed by atoms with E-state index in [1.165, 1.54) is 11.3 Å². The van der Waals surface area contributed by atoms with Crippen molar-refractivity contribution >= 4 is 28.8 Å². The highest BCUT2D eigenvalue weighted by Crippen LogP contribution is 2.22. The zero-order valence-electron chi connectivity index (χ0n) is 13.1. The molecule has 0 aliphatic rings. The van der Waals surface area contributed by atoms with Crippen LogP contribution in [-0.2, 0) is 10.4 Å². The van der Waals surface area contributed by atoms with E-state index in [2.05, 4.69) is 10.6 Å². The molecule has 1 aromatic heterocycles. The van der Waals surface area contributed by atoms with Crippen molar-refractivity contribution in [3.05, 3.63) is 52.2 Å². The summed E-state index contributed by atoms with van der Waals surface area (Å²) in [6.07, 6.45) is 0.375. The largest absolute Gasteiger partial charge is 0.384 e. The molecule has 0 aliphatic heterocycles. The Morgan fingerprint density at radius 3 is 2.74 bits per heavy atom. The Morgan fingerprint density at radius 1 is 1.30 bits per heavy atom. The number of hydrogen-bond acceptors (Lipinski definition) is 4. The first-order valence-electron chi connectivity index (χ1n) is 7.35. The Balaban J connectivity index is 2.01. The summed E-state index contributed by atoms with van der Waals surface area (Å²) in [7, 11) is 0. The molecular formula is C17H20N2O3S. The van der Waals surface area contributed by atoms with E-state index in [1.807, 2.05) is 16.8 Å². The summed E-state index contributed by atoms with van der Waals surface area (Å²) in [5.41, 5.74) is 0.657. The fourth-order valence-electron chi connectivity index (χ4n) is 2.02. The van der Waals surface area contributed by atoms with Crippen LogP contribution in [0.3, 0.4) is 0 Å².